The van der Waals surface area contributed by atoms with Crippen molar-refractivity contribution in [3.05, 3.63) is 35.9 Å². The molecule has 0 radical (unpaired) electrons. The fourth-order valence-electron chi connectivity index (χ4n) is 3.16. The van der Waals surface area contributed by atoms with Gasteiger partial charge in [-0.25, -0.2) is 0 Å². The Labute approximate surface area is 113 Å². The van der Waals surface area contributed by atoms with E-state index in [1.807, 2.05) is 0 Å². The van der Waals surface area contributed by atoms with Gasteiger partial charge in [0.15, 0.2) is 0 Å². The first-order valence-corrected chi connectivity index (χ1v) is 7.51. The van der Waals surface area contributed by atoms with Crippen LogP contribution in [0.25, 0.3) is 0 Å². The number of nitrogens with two attached hydrogens (primary N) is 1. The van der Waals surface area contributed by atoms with Crippen molar-refractivity contribution in [1.82, 2.24) is 0 Å². The van der Waals surface area contributed by atoms with E-state index in [1.54, 1.807) is 0 Å². The van der Waals surface area contributed by atoms with Crippen LogP contribution >= 0.6 is 0 Å². The SMILES string of the molecule is CCCC(c1ccccc1)C(N)(CCC)CCC. The molecule has 0 bridgehead atoms. The van der Waals surface area contributed by atoms with E-state index in [2.05, 4.69) is 51.1 Å². The molecule has 1 aromatic carbocycles. The van der Waals surface area contributed by atoms with E-state index in [9.17, 15) is 0 Å². The summed E-state index contributed by atoms with van der Waals surface area (Å²) in [5, 5.41) is 0. The van der Waals surface area contributed by atoms with Crippen LogP contribution in [0.1, 0.15) is 70.8 Å². The molecule has 1 unspecified atom stereocenters. The third kappa shape index (κ3) is 3.84. The molecule has 18 heavy (non-hydrogen) atoms. The second-order valence-electron chi connectivity index (χ2n) is 5.49. The Bertz CT molecular complexity index is 312. The van der Waals surface area contributed by atoms with Gasteiger partial charge in [0.1, 0.15) is 0 Å². The molecule has 0 spiro atoms. The Balaban J connectivity index is 3.00. The van der Waals surface area contributed by atoms with Crippen molar-refractivity contribution in [3.8, 4) is 0 Å². The lowest BCUT2D eigenvalue weighted by atomic mass is 9.72. The Kier molecular flexibility index (Phi) is 6.42. The van der Waals surface area contributed by atoms with Gasteiger partial charge in [-0.1, -0.05) is 70.4 Å². The van der Waals surface area contributed by atoms with Gasteiger partial charge in [-0.2, -0.15) is 0 Å². The minimum atomic E-state index is -0.0269. The molecule has 0 saturated carbocycles. The van der Waals surface area contributed by atoms with Crippen molar-refractivity contribution in [1.29, 1.82) is 0 Å². The Morgan fingerprint density at radius 2 is 1.50 bits per heavy atom. The molecule has 0 heterocycles. The van der Waals surface area contributed by atoms with Crippen LogP contribution in [0, 0.1) is 0 Å². The summed E-state index contributed by atoms with van der Waals surface area (Å²) in [7, 11) is 0. The highest BCUT2D eigenvalue weighted by Gasteiger charge is 2.33. The summed E-state index contributed by atoms with van der Waals surface area (Å²) >= 11 is 0. The first kappa shape index (κ1) is 15.2. The Morgan fingerprint density at radius 3 is 1.94 bits per heavy atom. The van der Waals surface area contributed by atoms with Crippen LogP contribution < -0.4 is 5.73 Å². The van der Waals surface area contributed by atoms with E-state index in [4.69, 9.17) is 5.73 Å². The first-order chi connectivity index (χ1) is 8.68. The molecule has 1 nitrogen and oxygen atoms in total. The average Bonchev–Trinajstić information content (AvgIpc) is 2.37. The molecule has 0 aromatic heterocycles. The van der Waals surface area contributed by atoms with Crippen molar-refractivity contribution >= 4 is 0 Å². The lowest BCUT2D eigenvalue weighted by molar-refractivity contribution is 0.279. The molecule has 0 saturated heterocycles. The molecule has 0 aliphatic heterocycles. The van der Waals surface area contributed by atoms with Gasteiger partial charge in [0.2, 0.25) is 0 Å². The zero-order valence-corrected chi connectivity index (χ0v) is 12.3. The van der Waals surface area contributed by atoms with Crippen molar-refractivity contribution in [2.75, 3.05) is 0 Å². The number of hydrogen-bond acceptors (Lipinski definition) is 1. The van der Waals surface area contributed by atoms with Crippen LogP contribution in [-0.4, -0.2) is 5.54 Å². The van der Waals surface area contributed by atoms with Crippen LogP contribution in [0.5, 0.6) is 0 Å². The maximum absolute atomic E-state index is 6.78. The number of benzene rings is 1. The van der Waals surface area contributed by atoms with Gasteiger partial charge in [-0.05, 0) is 24.8 Å². The maximum atomic E-state index is 6.78. The molecule has 1 heteroatoms. The van der Waals surface area contributed by atoms with E-state index < -0.39 is 0 Å². The quantitative estimate of drug-likeness (QED) is 0.697. The topological polar surface area (TPSA) is 26.0 Å². The minimum absolute atomic E-state index is 0.0269. The summed E-state index contributed by atoms with van der Waals surface area (Å²) in [6.45, 7) is 6.74. The molecule has 0 aliphatic carbocycles. The highest BCUT2D eigenvalue weighted by molar-refractivity contribution is 5.24. The van der Waals surface area contributed by atoms with Crippen molar-refractivity contribution < 1.29 is 0 Å². The van der Waals surface area contributed by atoms with Crippen molar-refractivity contribution in [2.24, 2.45) is 5.73 Å². The predicted molar refractivity (Wildman–Crippen MR) is 80.8 cm³/mol. The van der Waals surface area contributed by atoms with Gasteiger partial charge in [0, 0.05) is 11.5 Å². The fraction of sp³-hybridized carbons (Fsp3) is 0.647. The highest BCUT2D eigenvalue weighted by atomic mass is 14.8. The monoisotopic (exact) mass is 247 g/mol. The molecule has 0 fully saturated rings. The van der Waals surface area contributed by atoms with E-state index in [1.165, 1.54) is 31.2 Å². The largest absolute Gasteiger partial charge is 0.325 e. The number of hydrogen-bond donors (Lipinski definition) is 1. The average molecular weight is 247 g/mol. The molecule has 0 amide bonds. The predicted octanol–water partition coefficient (Wildman–Crippen LogP) is 4.87. The Morgan fingerprint density at radius 1 is 0.944 bits per heavy atom. The van der Waals surface area contributed by atoms with Gasteiger partial charge in [0.25, 0.3) is 0 Å². The summed E-state index contributed by atoms with van der Waals surface area (Å²) in [5.41, 5.74) is 8.17. The third-order valence-electron chi connectivity index (χ3n) is 3.90. The summed E-state index contributed by atoms with van der Waals surface area (Å²) in [5.74, 6) is 0.503. The molecule has 2 N–H and O–H groups in total. The van der Waals surface area contributed by atoms with Crippen LogP contribution in [0.15, 0.2) is 30.3 Å². The standard InChI is InChI=1S/C17H29N/c1-4-10-16(15-11-8-7-9-12-15)17(18,13-5-2)14-6-3/h7-9,11-12,16H,4-6,10,13-14,18H2,1-3H3. The van der Waals surface area contributed by atoms with Crippen LogP contribution in [0.3, 0.4) is 0 Å². The molecular formula is C17H29N. The second-order valence-corrected chi connectivity index (χ2v) is 5.49. The molecule has 1 aromatic rings. The van der Waals surface area contributed by atoms with Gasteiger partial charge in [0.05, 0.1) is 0 Å². The molecule has 1 atom stereocenters. The summed E-state index contributed by atoms with van der Waals surface area (Å²) in [4.78, 5) is 0. The first-order valence-electron chi connectivity index (χ1n) is 7.51. The lowest BCUT2D eigenvalue weighted by Gasteiger charge is -2.38. The van der Waals surface area contributed by atoms with E-state index in [0.29, 0.717) is 5.92 Å². The Hall–Kier alpha value is -0.820. The van der Waals surface area contributed by atoms with Gasteiger partial charge < -0.3 is 5.73 Å². The van der Waals surface area contributed by atoms with Gasteiger partial charge >= 0.3 is 0 Å². The zero-order valence-electron chi connectivity index (χ0n) is 12.3. The molecule has 1 rings (SSSR count). The minimum Gasteiger partial charge on any atom is -0.325 e. The third-order valence-corrected chi connectivity index (χ3v) is 3.90. The lowest BCUT2D eigenvalue weighted by Crippen LogP contribution is -2.45. The number of rotatable bonds is 8. The molecular weight excluding hydrogens is 218 g/mol. The fourth-order valence-corrected chi connectivity index (χ4v) is 3.16. The van der Waals surface area contributed by atoms with Crippen LogP contribution in [-0.2, 0) is 0 Å². The van der Waals surface area contributed by atoms with E-state index in [-0.39, 0.29) is 5.54 Å². The summed E-state index contributed by atoms with van der Waals surface area (Å²) < 4.78 is 0. The maximum Gasteiger partial charge on any atom is 0.0223 e. The van der Waals surface area contributed by atoms with Crippen LogP contribution in [0.4, 0.5) is 0 Å². The van der Waals surface area contributed by atoms with Gasteiger partial charge in [-0.15, -0.1) is 0 Å². The second kappa shape index (κ2) is 7.58. The van der Waals surface area contributed by atoms with Crippen LogP contribution in [0.2, 0.25) is 0 Å². The highest BCUT2D eigenvalue weighted by Crippen LogP contribution is 2.37. The molecule has 102 valence electrons. The zero-order chi connectivity index (χ0) is 13.4. The van der Waals surface area contributed by atoms with Crippen molar-refractivity contribution in [3.63, 3.8) is 0 Å². The molecule has 0 aliphatic rings. The van der Waals surface area contributed by atoms with E-state index >= 15 is 0 Å². The summed E-state index contributed by atoms with van der Waals surface area (Å²) in [6.07, 6.45) is 6.99. The smallest absolute Gasteiger partial charge is 0.0223 e. The van der Waals surface area contributed by atoms with Gasteiger partial charge in [-0.3, -0.25) is 0 Å². The normalized spacial score (nSPS) is 13.6. The van der Waals surface area contributed by atoms with E-state index in [0.717, 1.165) is 12.8 Å². The summed E-state index contributed by atoms with van der Waals surface area (Å²) in [6, 6.07) is 10.8. The van der Waals surface area contributed by atoms with Crippen molar-refractivity contribution in [2.45, 2.75) is 70.8 Å².